The molecule has 1 unspecified atom stereocenters. The van der Waals surface area contributed by atoms with Crippen LogP contribution in [0, 0.1) is 12.7 Å². The Morgan fingerprint density at radius 2 is 2.20 bits per heavy atom. The van der Waals surface area contributed by atoms with Gasteiger partial charge < -0.3 is 20.5 Å². The number of guanidine groups is 1. The maximum absolute atomic E-state index is 14.0. The number of aliphatic imine (C=N–C) groups is 1. The van der Waals surface area contributed by atoms with Gasteiger partial charge in [-0.1, -0.05) is 12.1 Å². The first-order valence-corrected chi connectivity index (χ1v) is 10.0. The molecule has 6 nitrogen and oxygen atoms in total. The first-order valence-electron chi connectivity index (χ1n) is 10.0. The van der Waals surface area contributed by atoms with Crippen LogP contribution in [0.4, 0.5) is 10.2 Å². The lowest BCUT2D eigenvalue weighted by molar-refractivity contribution is 0.612. The quantitative estimate of drug-likeness (QED) is 0.272. The molecule has 30 heavy (non-hydrogen) atoms. The summed E-state index contributed by atoms with van der Waals surface area (Å²) in [5.41, 5.74) is 3.77. The van der Waals surface area contributed by atoms with Crippen molar-refractivity contribution in [2.75, 3.05) is 31.6 Å². The molecule has 1 atom stereocenters. The highest BCUT2D eigenvalue weighted by atomic mass is 127. The molecule has 0 aliphatic carbocycles. The summed E-state index contributed by atoms with van der Waals surface area (Å²) in [6, 6.07) is 9.60. The molecule has 1 aliphatic rings. The van der Waals surface area contributed by atoms with Crippen LogP contribution in [-0.4, -0.2) is 48.7 Å². The zero-order valence-electron chi connectivity index (χ0n) is 17.3. The highest BCUT2D eigenvalue weighted by Crippen LogP contribution is 2.22. The van der Waals surface area contributed by atoms with E-state index >= 15 is 0 Å². The second kappa shape index (κ2) is 10.1. The van der Waals surface area contributed by atoms with Gasteiger partial charge in [-0.3, -0.25) is 4.99 Å². The summed E-state index contributed by atoms with van der Waals surface area (Å²) in [7, 11) is 1.77. The summed E-state index contributed by atoms with van der Waals surface area (Å²) in [6.45, 7) is 4.41. The number of fused-ring (bicyclic) bond motifs is 1. The molecule has 3 aromatic rings. The molecule has 3 N–H and O–H groups in total. The smallest absolute Gasteiger partial charge is 0.191 e. The van der Waals surface area contributed by atoms with Crippen LogP contribution in [0.25, 0.3) is 10.9 Å². The number of aromatic nitrogens is 2. The van der Waals surface area contributed by atoms with Crippen molar-refractivity contribution < 1.29 is 4.39 Å². The summed E-state index contributed by atoms with van der Waals surface area (Å²) in [5, 5.41) is 8.16. The van der Waals surface area contributed by atoms with Crippen molar-refractivity contribution in [2.24, 2.45) is 4.99 Å². The fraction of sp³-hybridized carbons (Fsp3) is 0.364. The topological polar surface area (TPSA) is 68.3 Å². The van der Waals surface area contributed by atoms with E-state index in [-0.39, 0.29) is 35.8 Å². The van der Waals surface area contributed by atoms with Crippen molar-refractivity contribution in [2.45, 2.75) is 25.8 Å². The van der Waals surface area contributed by atoms with E-state index < -0.39 is 0 Å². The first kappa shape index (κ1) is 22.3. The van der Waals surface area contributed by atoms with Crippen LogP contribution in [0.2, 0.25) is 0 Å². The van der Waals surface area contributed by atoms with Crippen LogP contribution >= 0.6 is 24.0 Å². The number of aromatic amines is 1. The predicted octanol–water partition coefficient (Wildman–Crippen LogP) is 3.61. The Balaban J connectivity index is 0.00000256. The van der Waals surface area contributed by atoms with Gasteiger partial charge >= 0.3 is 0 Å². The number of benzene rings is 1. The van der Waals surface area contributed by atoms with Gasteiger partial charge in [0.2, 0.25) is 0 Å². The predicted molar refractivity (Wildman–Crippen MR) is 131 cm³/mol. The number of aryl methyl sites for hydroxylation is 1. The molecule has 1 saturated heterocycles. The number of hydrogen-bond donors (Lipinski definition) is 3. The summed E-state index contributed by atoms with van der Waals surface area (Å²) < 4.78 is 14.0. The van der Waals surface area contributed by atoms with Crippen molar-refractivity contribution in [1.82, 2.24) is 20.6 Å². The van der Waals surface area contributed by atoms with Gasteiger partial charge in [0.25, 0.3) is 0 Å². The molecule has 1 fully saturated rings. The molecular formula is C22H28FIN6. The van der Waals surface area contributed by atoms with Gasteiger partial charge in [0.05, 0.1) is 0 Å². The molecule has 0 amide bonds. The van der Waals surface area contributed by atoms with E-state index in [4.69, 9.17) is 0 Å². The van der Waals surface area contributed by atoms with E-state index in [2.05, 4.69) is 56.9 Å². The Kier molecular flexibility index (Phi) is 7.52. The molecule has 4 rings (SSSR count). The fourth-order valence-corrected chi connectivity index (χ4v) is 4.03. The Labute approximate surface area is 193 Å². The van der Waals surface area contributed by atoms with Crippen LogP contribution < -0.4 is 15.5 Å². The third-order valence-corrected chi connectivity index (χ3v) is 5.47. The average molecular weight is 522 g/mol. The van der Waals surface area contributed by atoms with E-state index in [1.807, 2.05) is 4.90 Å². The standard InChI is InChI=1S/C22H27FN6.HI/c1-15-5-3-7-19-20(15)16(13-27-19)8-11-26-22(24-2)28-17-9-12-29(14-17)21-18(23)6-4-10-25-21;/h3-7,10,13,17,27H,8-9,11-12,14H2,1-2H3,(H2,24,26,28);1H. The van der Waals surface area contributed by atoms with Crippen LogP contribution in [0.3, 0.4) is 0 Å². The van der Waals surface area contributed by atoms with Gasteiger partial charge in [0.1, 0.15) is 0 Å². The van der Waals surface area contributed by atoms with E-state index in [1.54, 1.807) is 19.3 Å². The van der Waals surface area contributed by atoms with E-state index in [1.165, 1.54) is 28.1 Å². The minimum atomic E-state index is -0.273. The van der Waals surface area contributed by atoms with Crippen LogP contribution in [0.5, 0.6) is 0 Å². The lowest BCUT2D eigenvalue weighted by Crippen LogP contribution is -2.45. The second-order valence-corrected chi connectivity index (χ2v) is 7.45. The van der Waals surface area contributed by atoms with Crippen molar-refractivity contribution in [3.63, 3.8) is 0 Å². The lowest BCUT2D eigenvalue weighted by atomic mass is 10.1. The molecule has 0 saturated carbocycles. The Morgan fingerprint density at radius 1 is 1.33 bits per heavy atom. The Morgan fingerprint density at radius 3 is 3.00 bits per heavy atom. The van der Waals surface area contributed by atoms with Gasteiger partial charge in [0.15, 0.2) is 17.6 Å². The monoisotopic (exact) mass is 522 g/mol. The SMILES string of the molecule is CN=C(NCCc1c[nH]c2cccc(C)c12)NC1CCN(c2ncccc2F)C1.I. The van der Waals surface area contributed by atoms with Gasteiger partial charge in [0, 0.05) is 56.0 Å². The average Bonchev–Trinajstić information content (AvgIpc) is 3.35. The number of nitrogens with zero attached hydrogens (tertiary/aromatic N) is 3. The molecule has 8 heteroatoms. The largest absolute Gasteiger partial charge is 0.361 e. The number of anilines is 1. The summed E-state index contributed by atoms with van der Waals surface area (Å²) in [6.07, 6.45) is 5.54. The summed E-state index contributed by atoms with van der Waals surface area (Å²) in [5.74, 6) is 0.925. The number of halogens is 2. The molecule has 0 bridgehead atoms. The Hall–Kier alpha value is -2.36. The lowest BCUT2D eigenvalue weighted by Gasteiger charge is -2.20. The molecule has 3 heterocycles. The Bertz CT molecular complexity index is 1020. The minimum Gasteiger partial charge on any atom is -0.361 e. The number of pyridine rings is 1. The van der Waals surface area contributed by atoms with Crippen molar-refractivity contribution >= 4 is 46.7 Å². The van der Waals surface area contributed by atoms with Gasteiger partial charge in [-0.25, -0.2) is 9.37 Å². The number of hydrogen-bond acceptors (Lipinski definition) is 3. The zero-order valence-corrected chi connectivity index (χ0v) is 19.6. The number of rotatable bonds is 5. The summed E-state index contributed by atoms with van der Waals surface area (Å²) in [4.78, 5) is 13.9. The number of H-pyrrole nitrogens is 1. The molecule has 2 aromatic heterocycles. The summed E-state index contributed by atoms with van der Waals surface area (Å²) >= 11 is 0. The molecular weight excluding hydrogens is 494 g/mol. The minimum absolute atomic E-state index is 0. The molecule has 0 radical (unpaired) electrons. The maximum Gasteiger partial charge on any atom is 0.191 e. The third kappa shape index (κ3) is 4.85. The van der Waals surface area contributed by atoms with Crippen molar-refractivity contribution in [1.29, 1.82) is 0 Å². The van der Waals surface area contributed by atoms with Gasteiger partial charge in [-0.05, 0) is 49.1 Å². The molecule has 1 aromatic carbocycles. The maximum atomic E-state index is 14.0. The van der Waals surface area contributed by atoms with Crippen LogP contribution in [0.1, 0.15) is 17.5 Å². The zero-order chi connectivity index (χ0) is 20.2. The van der Waals surface area contributed by atoms with Crippen molar-refractivity contribution in [3.8, 4) is 0 Å². The van der Waals surface area contributed by atoms with Crippen LogP contribution in [0.15, 0.2) is 47.7 Å². The second-order valence-electron chi connectivity index (χ2n) is 7.45. The highest BCUT2D eigenvalue weighted by molar-refractivity contribution is 14.0. The van der Waals surface area contributed by atoms with Crippen molar-refractivity contribution in [3.05, 3.63) is 59.7 Å². The van der Waals surface area contributed by atoms with Gasteiger partial charge in [-0.15, -0.1) is 24.0 Å². The highest BCUT2D eigenvalue weighted by Gasteiger charge is 2.25. The van der Waals surface area contributed by atoms with Crippen LogP contribution in [-0.2, 0) is 6.42 Å². The van der Waals surface area contributed by atoms with E-state index in [0.29, 0.717) is 12.4 Å². The third-order valence-electron chi connectivity index (χ3n) is 5.47. The fourth-order valence-electron chi connectivity index (χ4n) is 4.03. The first-order chi connectivity index (χ1) is 14.2. The number of nitrogens with one attached hydrogen (secondary N) is 3. The molecule has 0 spiro atoms. The van der Waals surface area contributed by atoms with Gasteiger partial charge in [-0.2, -0.15) is 0 Å². The molecule has 1 aliphatic heterocycles. The van der Waals surface area contributed by atoms with E-state index in [0.717, 1.165) is 31.9 Å². The molecule has 160 valence electrons. The van der Waals surface area contributed by atoms with E-state index in [9.17, 15) is 4.39 Å². The normalized spacial score (nSPS) is 16.6.